The zero-order valence-electron chi connectivity index (χ0n) is 6.82. The Bertz CT molecular complexity index is 222. The van der Waals surface area contributed by atoms with Crippen LogP contribution in [0, 0.1) is 0 Å². The van der Waals surface area contributed by atoms with E-state index < -0.39 is 15.6 Å². The van der Waals surface area contributed by atoms with Gasteiger partial charge in [-0.25, -0.2) is 9.13 Å². The van der Waals surface area contributed by atoms with Gasteiger partial charge in [-0.3, -0.25) is 0 Å². The Labute approximate surface area is 74.0 Å². The van der Waals surface area contributed by atoms with Crippen LogP contribution in [0.4, 0.5) is 0 Å². The first-order valence-corrected chi connectivity index (χ1v) is 5.80. The molecule has 0 aliphatic heterocycles. The highest BCUT2D eigenvalue weighted by Crippen LogP contribution is 2.53. The van der Waals surface area contributed by atoms with Gasteiger partial charge in [0, 0.05) is 0 Å². The number of hydrogen-bond acceptors (Lipinski definition) is 4. The van der Waals surface area contributed by atoms with Crippen molar-refractivity contribution in [1.29, 1.82) is 0 Å². The van der Waals surface area contributed by atoms with E-state index in [1.807, 2.05) is 0 Å². The second kappa shape index (κ2) is 5.62. The summed E-state index contributed by atoms with van der Waals surface area (Å²) >= 11 is 0. The standard InChI is InChI=1S/C3H6O.H4O7P2/c1-3(2)4;1-8(2,3)7-9(4,5)6/h1-2H3;(H2,1,2,3)(H2,4,5,6). The van der Waals surface area contributed by atoms with Crippen molar-refractivity contribution in [3.05, 3.63) is 0 Å². The second-order valence-electron chi connectivity index (χ2n) is 1.97. The number of Topliss-reactive ketones (excluding diaryl/α,β-unsaturated/α-hetero) is 1. The van der Waals surface area contributed by atoms with Crippen molar-refractivity contribution in [2.75, 3.05) is 0 Å². The Morgan fingerprint density at radius 1 is 1.00 bits per heavy atom. The molecule has 0 aliphatic rings. The third-order valence-electron chi connectivity index (χ3n) is 0.213. The fraction of sp³-hybridized carbons (Fsp3) is 0.667. The minimum atomic E-state index is -5.05. The van der Waals surface area contributed by atoms with E-state index in [9.17, 15) is 13.9 Å². The molecule has 80 valence electrons. The molecule has 0 amide bonds. The molecule has 0 aromatic heterocycles. The Balaban J connectivity index is 0. The number of rotatable bonds is 2. The van der Waals surface area contributed by atoms with Gasteiger partial charge < -0.3 is 24.4 Å². The minimum absolute atomic E-state index is 0.167. The molecule has 0 radical (unpaired) electrons. The Morgan fingerprint density at radius 2 is 1.15 bits per heavy atom. The molecule has 10 heteroatoms. The second-order valence-corrected chi connectivity index (χ2v) is 4.59. The fourth-order valence-electron chi connectivity index (χ4n) is 0.139. The monoisotopic (exact) mass is 236 g/mol. The van der Waals surface area contributed by atoms with Gasteiger partial charge in [-0.1, -0.05) is 0 Å². The molecule has 0 saturated heterocycles. The maximum absolute atomic E-state index is 9.63. The van der Waals surface area contributed by atoms with Crippen molar-refractivity contribution in [3.8, 4) is 0 Å². The lowest BCUT2D eigenvalue weighted by Gasteiger charge is -2.03. The molecule has 0 rings (SSSR count). The summed E-state index contributed by atoms with van der Waals surface area (Å²) in [5, 5.41) is 0. The van der Waals surface area contributed by atoms with Gasteiger partial charge in [0.25, 0.3) is 0 Å². The molecule has 0 saturated carbocycles. The highest BCUT2D eigenvalue weighted by Gasteiger charge is 2.27. The van der Waals surface area contributed by atoms with E-state index in [4.69, 9.17) is 19.6 Å². The van der Waals surface area contributed by atoms with Gasteiger partial charge in [-0.05, 0) is 13.8 Å². The molecule has 8 nitrogen and oxygen atoms in total. The summed E-state index contributed by atoms with van der Waals surface area (Å²) in [7, 11) is -10.1. The van der Waals surface area contributed by atoms with Crippen molar-refractivity contribution in [2.24, 2.45) is 0 Å². The molecule has 0 aromatic carbocycles. The van der Waals surface area contributed by atoms with Gasteiger partial charge in [0.15, 0.2) is 0 Å². The molecular formula is C3H10O8P2. The first-order chi connectivity index (χ1) is 5.44. The molecule has 0 atom stereocenters. The highest BCUT2D eigenvalue weighted by molar-refractivity contribution is 7.60. The average molecular weight is 236 g/mol. The number of hydrogen-bond donors (Lipinski definition) is 4. The van der Waals surface area contributed by atoms with E-state index >= 15 is 0 Å². The summed E-state index contributed by atoms with van der Waals surface area (Å²) in [6.45, 7) is 3.06. The number of phosphoric acid groups is 2. The molecule has 0 heterocycles. The first kappa shape index (κ1) is 15.4. The van der Waals surface area contributed by atoms with Crippen molar-refractivity contribution in [3.63, 3.8) is 0 Å². The number of carbonyl (C=O) groups excluding carboxylic acids is 1. The largest absolute Gasteiger partial charge is 0.478 e. The van der Waals surface area contributed by atoms with Gasteiger partial charge in [0.05, 0.1) is 0 Å². The Hall–Kier alpha value is -0.0700. The molecule has 4 N–H and O–H groups in total. The molecule has 0 aromatic rings. The molecule has 0 spiro atoms. The van der Waals surface area contributed by atoms with Gasteiger partial charge in [-0.2, -0.15) is 4.31 Å². The predicted molar refractivity (Wildman–Crippen MR) is 41.5 cm³/mol. The van der Waals surface area contributed by atoms with Crippen LogP contribution in [0.2, 0.25) is 0 Å². The van der Waals surface area contributed by atoms with E-state index in [-0.39, 0.29) is 5.78 Å². The van der Waals surface area contributed by atoms with Crippen LogP contribution in [0.1, 0.15) is 13.8 Å². The zero-order chi connectivity index (χ0) is 11.3. The number of carbonyl (C=O) groups is 1. The summed E-state index contributed by atoms with van der Waals surface area (Å²) in [5.41, 5.74) is 0. The van der Waals surface area contributed by atoms with E-state index in [0.717, 1.165) is 0 Å². The minimum Gasteiger partial charge on any atom is -0.302 e. The van der Waals surface area contributed by atoms with Crippen LogP contribution in [0.5, 0.6) is 0 Å². The van der Waals surface area contributed by atoms with Crippen molar-refractivity contribution in [1.82, 2.24) is 0 Å². The molecule has 0 unspecified atom stereocenters. The van der Waals surface area contributed by atoms with E-state index in [1.165, 1.54) is 13.8 Å². The maximum atomic E-state index is 9.63. The fourth-order valence-corrected chi connectivity index (χ4v) is 1.25. The molecule has 0 bridgehead atoms. The summed E-state index contributed by atoms with van der Waals surface area (Å²) in [4.78, 5) is 40.4. The summed E-state index contributed by atoms with van der Waals surface area (Å²) in [5.74, 6) is 0.167. The molecule has 13 heavy (non-hydrogen) atoms. The smallest absolute Gasteiger partial charge is 0.302 e. The van der Waals surface area contributed by atoms with Gasteiger partial charge in [0.1, 0.15) is 5.78 Å². The summed E-state index contributed by atoms with van der Waals surface area (Å²) in [6, 6.07) is 0. The van der Waals surface area contributed by atoms with Crippen LogP contribution in [0.15, 0.2) is 0 Å². The predicted octanol–water partition coefficient (Wildman–Crippen LogP) is -0.216. The maximum Gasteiger partial charge on any atom is 0.478 e. The highest BCUT2D eigenvalue weighted by atomic mass is 31.3. The first-order valence-electron chi connectivity index (χ1n) is 2.73. The lowest BCUT2D eigenvalue weighted by molar-refractivity contribution is -0.115. The normalized spacial score (nSPS) is 11.5. The van der Waals surface area contributed by atoms with Crippen LogP contribution in [-0.2, 0) is 18.2 Å². The molecule has 0 fully saturated rings. The summed E-state index contributed by atoms with van der Waals surface area (Å²) in [6.07, 6.45) is 0. The third-order valence-corrected chi connectivity index (χ3v) is 1.91. The average Bonchev–Trinajstić information content (AvgIpc) is 1.47. The van der Waals surface area contributed by atoms with Crippen molar-refractivity contribution >= 4 is 21.4 Å². The van der Waals surface area contributed by atoms with E-state index in [2.05, 4.69) is 4.31 Å². The van der Waals surface area contributed by atoms with Crippen LogP contribution < -0.4 is 0 Å². The van der Waals surface area contributed by atoms with Crippen LogP contribution in [0.25, 0.3) is 0 Å². The lowest BCUT2D eigenvalue weighted by atomic mass is 10.6. The van der Waals surface area contributed by atoms with Gasteiger partial charge in [-0.15, -0.1) is 0 Å². The van der Waals surface area contributed by atoms with Crippen molar-refractivity contribution in [2.45, 2.75) is 13.8 Å². The van der Waals surface area contributed by atoms with Crippen LogP contribution in [-0.4, -0.2) is 25.4 Å². The van der Waals surface area contributed by atoms with Crippen LogP contribution >= 0.6 is 15.6 Å². The van der Waals surface area contributed by atoms with Gasteiger partial charge in [0.2, 0.25) is 0 Å². The van der Waals surface area contributed by atoms with E-state index in [1.54, 1.807) is 0 Å². The van der Waals surface area contributed by atoms with E-state index in [0.29, 0.717) is 0 Å². The number of ketones is 1. The lowest BCUT2D eigenvalue weighted by Crippen LogP contribution is -1.84. The third kappa shape index (κ3) is 33.5. The summed E-state index contributed by atoms with van der Waals surface area (Å²) < 4.78 is 22.2. The topological polar surface area (TPSA) is 141 Å². The molecule has 0 aliphatic carbocycles. The quantitative estimate of drug-likeness (QED) is 0.482. The molecular weight excluding hydrogens is 226 g/mol. The van der Waals surface area contributed by atoms with Crippen molar-refractivity contribution < 1.29 is 37.8 Å². The SMILES string of the molecule is CC(C)=O.O=P(O)(O)OP(=O)(O)O. The van der Waals surface area contributed by atoms with Crippen LogP contribution in [0.3, 0.4) is 0 Å². The Kier molecular flexibility index (Phi) is 6.65. The Morgan fingerprint density at radius 3 is 1.15 bits per heavy atom. The van der Waals surface area contributed by atoms with Gasteiger partial charge >= 0.3 is 15.6 Å². The zero-order valence-corrected chi connectivity index (χ0v) is 8.61.